The van der Waals surface area contributed by atoms with Crippen LogP contribution in [0.25, 0.3) is 0 Å². The predicted molar refractivity (Wildman–Crippen MR) is 81.9 cm³/mol. The number of aromatic nitrogens is 1. The zero-order chi connectivity index (χ0) is 14.5. The molecule has 0 radical (unpaired) electrons. The molecular formula is C16H16ClN3. The van der Waals surface area contributed by atoms with Crippen molar-refractivity contribution in [1.82, 2.24) is 4.98 Å². The van der Waals surface area contributed by atoms with Gasteiger partial charge in [0.25, 0.3) is 0 Å². The SMILES string of the molecule is CCN(Cc1cccc(C)n1)c1ccc(C#N)cc1Cl. The van der Waals surface area contributed by atoms with Crippen molar-refractivity contribution in [2.45, 2.75) is 20.4 Å². The lowest BCUT2D eigenvalue weighted by Crippen LogP contribution is -2.23. The van der Waals surface area contributed by atoms with Crippen LogP contribution in [0, 0.1) is 18.3 Å². The molecule has 0 aliphatic carbocycles. The van der Waals surface area contributed by atoms with Gasteiger partial charge in [0.15, 0.2) is 0 Å². The molecule has 0 saturated carbocycles. The summed E-state index contributed by atoms with van der Waals surface area (Å²) in [4.78, 5) is 6.66. The summed E-state index contributed by atoms with van der Waals surface area (Å²) in [6.45, 7) is 5.57. The average Bonchev–Trinajstić information content (AvgIpc) is 2.45. The Kier molecular flexibility index (Phi) is 4.60. The molecule has 0 spiro atoms. The molecule has 0 fully saturated rings. The molecule has 0 saturated heterocycles. The highest BCUT2D eigenvalue weighted by Crippen LogP contribution is 2.27. The van der Waals surface area contributed by atoms with Gasteiger partial charge in [0, 0.05) is 12.2 Å². The Labute approximate surface area is 124 Å². The van der Waals surface area contributed by atoms with Crippen LogP contribution >= 0.6 is 11.6 Å². The molecule has 0 aliphatic rings. The van der Waals surface area contributed by atoms with Gasteiger partial charge in [-0.2, -0.15) is 5.26 Å². The highest BCUT2D eigenvalue weighted by atomic mass is 35.5. The number of anilines is 1. The summed E-state index contributed by atoms with van der Waals surface area (Å²) in [5, 5.41) is 9.48. The van der Waals surface area contributed by atoms with Gasteiger partial charge < -0.3 is 4.90 Å². The molecule has 2 rings (SSSR count). The molecule has 2 aromatic rings. The topological polar surface area (TPSA) is 39.9 Å². The summed E-state index contributed by atoms with van der Waals surface area (Å²) >= 11 is 6.27. The number of hydrogen-bond donors (Lipinski definition) is 0. The van der Waals surface area contributed by atoms with Crippen LogP contribution in [0.1, 0.15) is 23.9 Å². The van der Waals surface area contributed by atoms with Crippen LogP contribution in [-0.2, 0) is 6.54 Å². The van der Waals surface area contributed by atoms with E-state index in [1.54, 1.807) is 12.1 Å². The van der Waals surface area contributed by atoms with Gasteiger partial charge in [-0.05, 0) is 44.2 Å². The first-order valence-corrected chi connectivity index (χ1v) is 6.89. The molecule has 1 heterocycles. The predicted octanol–water partition coefficient (Wildman–Crippen LogP) is 3.94. The molecule has 0 unspecified atom stereocenters. The van der Waals surface area contributed by atoms with E-state index in [4.69, 9.17) is 16.9 Å². The third kappa shape index (κ3) is 3.28. The van der Waals surface area contributed by atoms with Crippen molar-refractivity contribution >= 4 is 17.3 Å². The molecule has 4 heteroatoms. The molecule has 0 aliphatic heterocycles. The second-order valence-corrected chi connectivity index (χ2v) is 4.97. The lowest BCUT2D eigenvalue weighted by atomic mass is 10.2. The minimum absolute atomic E-state index is 0.573. The average molecular weight is 286 g/mol. The van der Waals surface area contributed by atoms with Crippen LogP contribution < -0.4 is 4.90 Å². The highest BCUT2D eigenvalue weighted by Gasteiger charge is 2.10. The molecule has 1 aromatic carbocycles. The van der Waals surface area contributed by atoms with Gasteiger partial charge in [0.05, 0.1) is 34.6 Å². The summed E-state index contributed by atoms with van der Waals surface area (Å²) in [6.07, 6.45) is 0. The molecule has 0 bridgehead atoms. The minimum Gasteiger partial charge on any atom is -0.365 e. The summed E-state index contributed by atoms with van der Waals surface area (Å²) in [7, 11) is 0. The molecule has 1 aromatic heterocycles. The highest BCUT2D eigenvalue weighted by molar-refractivity contribution is 6.33. The van der Waals surface area contributed by atoms with E-state index in [9.17, 15) is 0 Å². The van der Waals surface area contributed by atoms with Gasteiger partial charge in [0.2, 0.25) is 0 Å². The Bertz CT molecular complexity index is 646. The molecule has 102 valence electrons. The normalized spacial score (nSPS) is 10.1. The zero-order valence-electron chi connectivity index (χ0n) is 11.6. The van der Waals surface area contributed by atoms with Gasteiger partial charge in [-0.3, -0.25) is 4.98 Å². The fourth-order valence-electron chi connectivity index (χ4n) is 2.08. The summed E-state index contributed by atoms with van der Waals surface area (Å²) in [5.74, 6) is 0. The van der Waals surface area contributed by atoms with Gasteiger partial charge in [-0.15, -0.1) is 0 Å². The van der Waals surface area contributed by atoms with Gasteiger partial charge in [-0.1, -0.05) is 17.7 Å². The van der Waals surface area contributed by atoms with Crippen LogP contribution in [-0.4, -0.2) is 11.5 Å². The summed E-state index contributed by atoms with van der Waals surface area (Å²) in [6, 6.07) is 13.5. The summed E-state index contributed by atoms with van der Waals surface area (Å²) in [5.41, 5.74) is 3.51. The van der Waals surface area contributed by atoms with Crippen LogP contribution in [0.5, 0.6) is 0 Å². The minimum atomic E-state index is 0.573. The van der Waals surface area contributed by atoms with Crippen LogP contribution in [0.2, 0.25) is 5.02 Å². The van der Waals surface area contributed by atoms with E-state index in [0.717, 1.165) is 23.6 Å². The van der Waals surface area contributed by atoms with Crippen molar-refractivity contribution in [2.75, 3.05) is 11.4 Å². The molecule has 20 heavy (non-hydrogen) atoms. The first kappa shape index (κ1) is 14.4. The number of pyridine rings is 1. The molecule has 0 N–H and O–H groups in total. The lowest BCUT2D eigenvalue weighted by molar-refractivity contribution is 0.806. The first-order valence-electron chi connectivity index (χ1n) is 6.51. The van der Waals surface area contributed by atoms with E-state index < -0.39 is 0 Å². The van der Waals surface area contributed by atoms with Crippen LogP contribution in [0.4, 0.5) is 5.69 Å². The van der Waals surface area contributed by atoms with E-state index in [1.807, 2.05) is 31.2 Å². The number of halogens is 1. The van der Waals surface area contributed by atoms with Crippen molar-refractivity contribution in [1.29, 1.82) is 5.26 Å². The Morgan fingerprint density at radius 2 is 2.10 bits per heavy atom. The van der Waals surface area contributed by atoms with Crippen LogP contribution in [0.15, 0.2) is 36.4 Å². The quantitative estimate of drug-likeness (QED) is 0.854. The van der Waals surface area contributed by atoms with Crippen molar-refractivity contribution in [3.8, 4) is 6.07 Å². The second-order valence-electron chi connectivity index (χ2n) is 4.56. The van der Waals surface area contributed by atoms with Crippen LogP contribution in [0.3, 0.4) is 0 Å². The molecular weight excluding hydrogens is 270 g/mol. The third-order valence-electron chi connectivity index (χ3n) is 3.10. The van der Waals surface area contributed by atoms with E-state index in [1.165, 1.54) is 0 Å². The standard InChI is InChI=1S/C16H16ClN3/c1-3-20(11-14-6-4-5-12(2)19-14)16-8-7-13(10-18)9-15(16)17/h4-9H,3,11H2,1-2H3. The van der Waals surface area contributed by atoms with Crippen molar-refractivity contribution in [3.63, 3.8) is 0 Å². The maximum Gasteiger partial charge on any atom is 0.0992 e. The number of aryl methyl sites for hydroxylation is 1. The maximum absolute atomic E-state index is 8.88. The van der Waals surface area contributed by atoms with E-state index in [-0.39, 0.29) is 0 Å². The van der Waals surface area contributed by atoms with E-state index >= 15 is 0 Å². The van der Waals surface area contributed by atoms with Gasteiger partial charge in [0.1, 0.15) is 0 Å². The maximum atomic E-state index is 8.88. The third-order valence-corrected chi connectivity index (χ3v) is 3.40. The monoisotopic (exact) mass is 285 g/mol. The number of nitriles is 1. The fraction of sp³-hybridized carbons (Fsp3) is 0.250. The number of rotatable bonds is 4. The summed E-state index contributed by atoms with van der Waals surface area (Å²) < 4.78 is 0. The lowest BCUT2D eigenvalue weighted by Gasteiger charge is -2.24. The Morgan fingerprint density at radius 3 is 2.70 bits per heavy atom. The Morgan fingerprint density at radius 1 is 1.30 bits per heavy atom. The van der Waals surface area contributed by atoms with Gasteiger partial charge in [-0.25, -0.2) is 0 Å². The molecule has 3 nitrogen and oxygen atoms in total. The van der Waals surface area contributed by atoms with E-state index in [2.05, 4.69) is 22.9 Å². The van der Waals surface area contributed by atoms with E-state index in [0.29, 0.717) is 17.1 Å². The number of hydrogen-bond acceptors (Lipinski definition) is 3. The van der Waals surface area contributed by atoms with Crippen molar-refractivity contribution in [3.05, 3.63) is 58.4 Å². The Hall–Kier alpha value is -2.05. The molecule has 0 atom stereocenters. The number of nitrogens with zero attached hydrogens (tertiary/aromatic N) is 3. The van der Waals surface area contributed by atoms with Gasteiger partial charge >= 0.3 is 0 Å². The zero-order valence-corrected chi connectivity index (χ0v) is 12.4. The largest absolute Gasteiger partial charge is 0.365 e. The number of benzene rings is 1. The second kappa shape index (κ2) is 6.40. The Balaban J connectivity index is 2.27. The first-order chi connectivity index (χ1) is 9.63. The molecule has 0 amide bonds. The van der Waals surface area contributed by atoms with Crippen molar-refractivity contribution < 1.29 is 0 Å². The van der Waals surface area contributed by atoms with Crippen molar-refractivity contribution in [2.24, 2.45) is 0 Å². The smallest absolute Gasteiger partial charge is 0.0992 e. The fourth-order valence-corrected chi connectivity index (χ4v) is 2.38.